The Bertz CT molecular complexity index is 1170. The molecule has 1 aliphatic heterocycles. The van der Waals surface area contributed by atoms with Gasteiger partial charge in [-0.3, -0.25) is 9.52 Å². The number of hydrogen-bond acceptors (Lipinski definition) is 5. The van der Waals surface area contributed by atoms with Gasteiger partial charge in [-0.05, 0) is 68.1 Å². The van der Waals surface area contributed by atoms with Gasteiger partial charge in [0.15, 0.2) is 0 Å². The first-order chi connectivity index (χ1) is 15.1. The normalized spacial score (nSPS) is 15.3. The minimum Gasteiger partial charge on any atom is -0.322 e. The van der Waals surface area contributed by atoms with Crippen LogP contribution >= 0.6 is 0 Å². The molecule has 0 spiro atoms. The van der Waals surface area contributed by atoms with Crippen LogP contribution in [0.4, 0.5) is 11.4 Å². The molecular weight excluding hydrogens is 450 g/mol. The van der Waals surface area contributed by atoms with Gasteiger partial charge < -0.3 is 5.32 Å². The lowest BCUT2D eigenvalue weighted by Crippen LogP contribution is -2.35. The molecule has 1 amide bonds. The number of sulfonamides is 2. The summed E-state index contributed by atoms with van der Waals surface area (Å²) in [5, 5.41) is 2.75. The first-order valence-corrected chi connectivity index (χ1v) is 13.7. The number of carbonyl (C=O) groups is 1. The minimum atomic E-state index is -3.65. The summed E-state index contributed by atoms with van der Waals surface area (Å²) in [4.78, 5) is 13.0. The Hall–Kier alpha value is -2.43. The molecule has 8 nitrogen and oxygen atoms in total. The van der Waals surface area contributed by atoms with E-state index in [1.54, 1.807) is 44.2 Å². The van der Waals surface area contributed by atoms with Gasteiger partial charge in [0.05, 0.1) is 10.6 Å². The van der Waals surface area contributed by atoms with Crippen molar-refractivity contribution in [1.82, 2.24) is 4.31 Å². The Morgan fingerprint density at radius 3 is 2.19 bits per heavy atom. The molecule has 2 N–H and O–H groups in total. The van der Waals surface area contributed by atoms with Crippen LogP contribution in [0.1, 0.15) is 48.5 Å². The summed E-state index contributed by atoms with van der Waals surface area (Å²) >= 11 is 0. The summed E-state index contributed by atoms with van der Waals surface area (Å²) in [6, 6.07) is 10.9. The molecule has 0 unspecified atom stereocenters. The van der Waals surface area contributed by atoms with Crippen LogP contribution in [0.2, 0.25) is 0 Å². The highest BCUT2D eigenvalue weighted by Crippen LogP contribution is 2.24. The Balaban J connectivity index is 1.76. The van der Waals surface area contributed by atoms with E-state index in [0.29, 0.717) is 36.4 Å². The molecule has 0 aliphatic carbocycles. The smallest absolute Gasteiger partial charge is 0.255 e. The van der Waals surface area contributed by atoms with Crippen molar-refractivity contribution < 1.29 is 21.6 Å². The van der Waals surface area contributed by atoms with Crippen molar-refractivity contribution in [1.29, 1.82) is 0 Å². The maximum Gasteiger partial charge on any atom is 0.255 e. The van der Waals surface area contributed by atoms with Crippen molar-refractivity contribution in [3.63, 3.8) is 0 Å². The zero-order valence-corrected chi connectivity index (χ0v) is 19.9. The van der Waals surface area contributed by atoms with Crippen LogP contribution in [0.5, 0.6) is 0 Å². The molecule has 2 aromatic carbocycles. The third kappa shape index (κ3) is 5.87. The molecule has 0 radical (unpaired) electrons. The van der Waals surface area contributed by atoms with Gasteiger partial charge in [0, 0.05) is 30.0 Å². The fraction of sp³-hybridized carbons (Fsp3) is 0.409. The van der Waals surface area contributed by atoms with Gasteiger partial charge in [0.2, 0.25) is 20.0 Å². The fourth-order valence-corrected chi connectivity index (χ4v) is 6.26. The van der Waals surface area contributed by atoms with Crippen LogP contribution in [0, 0.1) is 6.92 Å². The van der Waals surface area contributed by atoms with Gasteiger partial charge in [-0.15, -0.1) is 0 Å². The summed E-state index contributed by atoms with van der Waals surface area (Å²) in [7, 11) is -7.04. The van der Waals surface area contributed by atoms with E-state index >= 15 is 0 Å². The predicted molar refractivity (Wildman–Crippen MR) is 126 cm³/mol. The number of hydrogen-bond donors (Lipinski definition) is 2. The largest absolute Gasteiger partial charge is 0.322 e. The standard InChI is InChI=1S/C22H29N3O5S2/c1-3-15-31(27,28)24-19-10-8-18(9-11-19)23-22(26)21-16-20(12-7-17(21)2)32(29,30)25-13-5-4-6-14-25/h7-12,16,24H,3-6,13-15H2,1-2H3,(H,23,26). The summed E-state index contributed by atoms with van der Waals surface area (Å²) in [6.45, 7) is 4.52. The Morgan fingerprint density at radius 2 is 1.56 bits per heavy atom. The van der Waals surface area contributed by atoms with Gasteiger partial charge in [0.1, 0.15) is 0 Å². The molecule has 32 heavy (non-hydrogen) atoms. The molecule has 1 aliphatic rings. The molecule has 0 aromatic heterocycles. The number of amides is 1. The van der Waals surface area contributed by atoms with Crippen LogP contribution in [0.25, 0.3) is 0 Å². The lowest BCUT2D eigenvalue weighted by molar-refractivity contribution is 0.102. The van der Waals surface area contributed by atoms with Crippen molar-refractivity contribution in [2.75, 3.05) is 28.9 Å². The first kappa shape index (κ1) is 24.2. The van der Waals surface area contributed by atoms with E-state index in [9.17, 15) is 21.6 Å². The number of benzene rings is 2. The van der Waals surface area contributed by atoms with Gasteiger partial charge in [-0.2, -0.15) is 4.31 Å². The lowest BCUT2D eigenvalue weighted by Gasteiger charge is -2.26. The highest BCUT2D eigenvalue weighted by Gasteiger charge is 2.27. The van der Waals surface area contributed by atoms with Crippen LogP contribution in [0.15, 0.2) is 47.4 Å². The molecule has 174 valence electrons. The highest BCUT2D eigenvalue weighted by atomic mass is 32.2. The average molecular weight is 480 g/mol. The molecule has 0 saturated carbocycles. The fourth-order valence-electron chi connectivity index (χ4n) is 3.58. The number of aryl methyl sites for hydroxylation is 1. The summed E-state index contributed by atoms with van der Waals surface area (Å²) in [6.07, 6.45) is 3.20. The number of carbonyl (C=O) groups excluding carboxylic acids is 1. The minimum absolute atomic E-state index is 0.0292. The quantitative estimate of drug-likeness (QED) is 0.601. The second kappa shape index (κ2) is 10.0. The molecule has 2 aromatic rings. The van der Waals surface area contributed by atoms with Crippen molar-refractivity contribution >= 4 is 37.3 Å². The lowest BCUT2D eigenvalue weighted by atomic mass is 10.1. The number of nitrogens with zero attached hydrogens (tertiary/aromatic N) is 1. The van der Waals surface area contributed by atoms with E-state index in [2.05, 4.69) is 10.0 Å². The average Bonchev–Trinajstić information content (AvgIpc) is 2.75. The SMILES string of the molecule is CCCS(=O)(=O)Nc1ccc(NC(=O)c2cc(S(=O)(=O)N3CCCCC3)ccc2C)cc1. The maximum absolute atomic E-state index is 13.0. The maximum atomic E-state index is 13.0. The second-order valence-electron chi connectivity index (χ2n) is 7.89. The molecule has 1 heterocycles. The zero-order chi connectivity index (χ0) is 23.4. The van der Waals surface area contributed by atoms with Crippen LogP contribution in [0.3, 0.4) is 0 Å². The van der Waals surface area contributed by atoms with Gasteiger partial charge in [-0.25, -0.2) is 16.8 Å². The summed E-state index contributed by atoms with van der Waals surface area (Å²) in [5.41, 5.74) is 1.80. The van der Waals surface area contributed by atoms with E-state index < -0.39 is 26.0 Å². The third-order valence-corrected chi connectivity index (χ3v) is 8.68. The van der Waals surface area contributed by atoms with Gasteiger partial charge in [-0.1, -0.05) is 19.4 Å². The first-order valence-electron chi connectivity index (χ1n) is 10.6. The van der Waals surface area contributed by atoms with Crippen molar-refractivity contribution in [2.45, 2.75) is 44.4 Å². The monoisotopic (exact) mass is 479 g/mol. The Kier molecular flexibility index (Phi) is 7.58. The van der Waals surface area contributed by atoms with Crippen molar-refractivity contribution in [2.24, 2.45) is 0 Å². The molecule has 1 saturated heterocycles. The number of piperidine rings is 1. The zero-order valence-electron chi connectivity index (χ0n) is 18.3. The highest BCUT2D eigenvalue weighted by molar-refractivity contribution is 7.92. The predicted octanol–water partition coefficient (Wildman–Crippen LogP) is 3.57. The van der Waals surface area contributed by atoms with Crippen molar-refractivity contribution in [3.8, 4) is 0 Å². The molecule has 0 bridgehead atoms. The second-order valence-corrected chi connectivity index (χ2v) is 11.7. The molecule has 10 heteroatoms. The topological polar surface area (TPSA) is 113 Å². The number of anilines is 2. The third-order valence-electron chi connectivity index (χ3n) is 5.30. The summed E-state index contributed by atoms with van der Waals surface area (Å²) in [5.74, 6) is -0.404. The molecular formula is C22H29N3O5S2. The van der Waals surface area contributed by atoms with E-state index in [1.807, 2.05) is 0 Å². The summed E-state index contributed by atoms with van der Waals surface area (Å²) < 4.78 is 53.7. The Morgan fingerprint density at radius 1 is 0.938 bits per heavy atom. The van der Waals surface area contributed by atoms with Crippen LogP contribution < -0.4 is 10.0 Å². The Labute approximate surface area is 190 Å². The molecule has 3 rings (SSSR count). The number of rotatable bonds is 8. The van der Waals surface area contributed by atoms with Gasteiger partial charge in [0.25, 0.3) is 5.91 Å². The number of nitrogens with one attached hydrogen (secondary N) is 2. The van der Waals surface area contributed by atoms with E-state index in [1.165, 1.54) is 16.4 Å². The van der Waals surface area contributed by atoms with E-state index in [0.717, 1.165) is 19.3 Å². The van der Waals surface area contributed by atoms with Crippen LogP contribution in [-0.2, 0) is 20.0 Å². The molecule has 0 atom stereocenters. The molecule has 1 fully saturated rings. The van der Waals surface area contributed by atoms with E-state index in [4.69, 9.17) is 0 Å². The van der Waals surface area contributed by atoms with Gasteiger partial charge >= 0.3 is 0 Å². The van der Waals surface area contributed by atoms with E-state index in [-0.39, 0.29) is 16.2 Å². The van der Waals surface area contributed by atoms with Crippen molar-refractivity contribution in [3.05, 3.63) is 53.6 Å². The van der Waals surface area contributed by atoms with Crippen LogP contribution in [-0.4, -0.2) is 45.9 Å².